The Morgan fingerprint density at radius 2 is 2.00 bits per heavy atom. The van der Waals surface area contributed by atoms with Gasteiger partial charge in [-0.2, -0.15) is 0 Å². The van der Waals surface area contributed by atoms with E-state index >= 15 is 0 Å². The number of nitrogens with one attached hydrogen (secondary N) is 3. The van der Waals surface area contributed by atoms with Crippen molar-refractivity contribution in [1.82, 2.24) is 10.8 Å². The molecule has 1 aromatic heterocycles. The van der Waals surface area contributed by atoms with Gasteiger partial charge in [0.1, 0.15) is 4.75 Å². The molecule has 1 unspecified atom stereocenters. The Bertz CT molecular complexity index is 1180. The molecule has 2 atom stereocenters. The largest absolute Gasteiger partial charge is 0.350 e. The molecule has 4 rings (SSSR count). The number of thiophene rings is 1. The van der Waals surface area contributed by atoms with E-state index in [9.17, 15) is 18.0 Å². The minimum absolute atomic E-state index is 0.0487. The van der Waals surface area contributed by atoms with Gasteiger partial charge in [-0.25, -0.2) is 18.7 Å². The second kappa shape index (κ2) is 11.8. The molecule has 2 aliphatic rings. The van der Waals surface area contributed by atoms with Crippen molar-refractivity contribution in [1.29, 1.82) is 0 Å². The summed E-state index contributed by atoms with van der Waals surface area (Å²) in [7, 11) is -1.87. The number of hydrogen-bond donors (Lipinski definition) is 3. The van der Waals surface area contributed by atoms with E-state index in [1.54, 1.807) is 13.1 Å². The number of rotatable bonds is 9. The number of sulfone groups is 1. The van der Waals surface area contributed by atoms with Crippen LogP contribution in [0.3, 0.4) is 0 Å². The SMILES string of the molecule is CNCC(=O)Nc1cccc(-c2ccc([C@@]3(CC(=O)NOC4CCCCO4)CCCCS3(=O)=O)s2)c1. The molecule has 36 heavy (non-hydrogen) atoms. The zero-order valence-corrected chi connectivity index (χ0v) is 22.0. The Hall–Kier alpha value is -2.31. The number of ether oxygens (including phenoxy) is 1. The zero-order valence-electron chi connectivity index (χ0n) is 20.4. The molecule has 1 aromatic carbocycles. The number of benzene rings is 1. The summed E-state index contributed by atoms with van der Waals surface area (Å²) < 4.78 is 31.1. The predicted molar refractivity (Wildman–Crippen MR) is 139 cm³/mol. The monoisotopic (exact) mass is 535 g/mol. The van der Waals surface area contributed by atoms with Crippen LogP contribution in [0, 0.1) is 0 Å². The first-order chi connectivity index (χ1) is 17.3. The Morgan fingerprint density at radius 3 is 2.75 bits per heavy atom. The zero-order chi connectivity index (χ0) is 25.6. The van der Waals surface area contributed by atoms with E-state index in [1.165, 1.54) is 11.3 Å². The van der Waals surface area contributed by atoms with Crippen molar-refractivity contribution < 1.29 is 27.6 Å². The van der Waals surface area contributed by atoms with E-state index in [0.717, 1.165) is 29.7 Å². The molecule has 2 aromatic rings. The van der Waals surface area contributed by atoms with E-state index in [1.807, 2.05) is 30.3 Å². The van der Waals surface area contributed by atoms with Gasteiger partial charge in [-0.3, -0.25) is 9.59 Å². The average Bonchev–Trinajstić information content (AvgIpc) is 3.36. The van der Waals surface area contributed by atoms with Crippen LogP contribution < -0.4 is 16.1 Å². The second-order valence-electron chi connectivity index (χ2n) is 9.21. The van der Waals surface area contributed by atoms with Crippen LogP contribution in [0.5, 0.6) is 0 Å². The fourth-order valence-electron chi connectivity index (χ4n) is 4.70. The summed E-state index contributed by atoms with van der Waals surface area (Å²) in [6.07, 6.45) is 3.58. The molecule has 2 amide bonds. The lowest BCUT2D eigenvalue weighted by atomic mass is 9.94. The Morgan fingerprint density at radius 1 is 1.14 bits per heavy atom. The third kappa shape index (κ3) is 6.15. The molecule has 0 spiro atoms. The van der Waals surface area contributed by atoms with E-state index in [0.29, 0.717) is 36.4 Å². The van der Waals surface area contributed by atoms with Crippen LogP contribution >= 0.6 is 11.3 Å². The van der Waals surface area contributed by atoms with E-state index < -0.39 is 26.8 Å². The molecular formula is C25H33N3O6S2. The number of carbonyl (C=O) groups excluding carboxylic acids is 2. The van der Waals surface area contributed by atoms with Gasteiger partial charge in [0.2, 0.25) is 11.8 Å². The van der Waals surface area contributed by atoms with Gasteiger partial charge in [0.05, 0.1) is 18.7 Å². The van der Waals surface area contributed by atoms with Gasteiger partial charge in [-0.15, -0.1) is 11.3 Å². The molecule has 0 bridgehead atoms. The normalized spacial score (nSPS) is 23.6. The number of amides is 2. The smallest absolute Gasteiger partial charge is 0.245 e. The molecule has 2 aliphatic heterocycles. The van der Waals surface area contributed by atoms with Gasteiger partial charge in [0.15, 0.2) is 16.1 Å². The number of likely N-dealkylation sites (N-methyl/N-ethyl adjacent to an activating group) is 1. The van der Waals surface area contributed by atoms with Gasteiger partial charge >= 0.3 is 0 Å². The van der Waals surface area contributed by atoms with Crippen molar-refractivity contribution in [3.63, 3.8) is 0 Å². The molecule has 3 heterocycles. The van der Waals surface area contributed by atoms with Crippen molar-refractivity contribution >= 4 is 38.7 Å². The molecule has 3 N–H and O–H groups in total. The van der Waals surface area contributed by atoms with Gasteiger partial charge < -0.3 is 15.4 Å². The molecule has 11 heteroatoms. The van der Waals surface area contributed by atoms with Crippen molar-refractivity contribution in [2.45, 2.75) is 56.0 Å². The molecule has 0 aliphatic carbocycles. The van der Waals surface area contributed by atoms with Crippen LogP contribution in [0.2, 0.25) is 0 Å². The van der Waals surface area contributed by atoms with Gasteiger partial charge in [-0.05, 0) is 62.6 Å². The minimum Gasteiger partial charge on any atom is -0.350 e. The van der Waals surface area contributed by atoms with E-state index in [2.05, 4.69) is 16.1 Å². The van der Waals surface area contributed by atoms with Crippen LogP contribution in [-0.2, 0) is 33.7 Å². The highest BCUT2D eigenvalue weighted by atomic mass is 32.2. The molecule has 0 saturated carbocycles. The maximum absolute atomic E-state index is 13.4. The summed E-state index contributed by atoms with van der Waals surface area (Å²) in [4.78, 5) is 31.8. The van der Waals surface area contributed by atoms with Crippen LogP contribution in [0.15, 0.2) is 36.4 Å². The van der Waals surface area contributed by atoms with E-state index in [4.69, 9.17) is 9.57 Å². The topological polar surface area (TPSA) is 123 Å². The second-order valence-corrected chi connectivity index (χ2v) is 12.7. The average molecular weight is 536 g/mol. The lowest BCUT2D eigenvalue weighted by molar-refractivity contribution is -0.200. The highest BCUT2D eigenvalue weighted by Crippen LogP contribution is 2.47. The van der Waals surface area contributed by atoms with Gasteiger partial charge in [0, 0.05) is 28.5 Å². The third-order valence-electron chi connectivity index (χ3n) is 6.55. The number of carbonyl (C=O) groups is 2. The maximum atomic E-state index is 13.4. The first kappa shape index (κ1) is 26.7. The lowest BCUT2D eigenvalue weighted by Gasteiger charge is -2.35. The summed E-state index contributed by atoms with van der Waals surface area (Å²) in [6.45, 7) is 0.781. The highest BCUT2D eigenvalue weighted by Gasteiger charge is 2.49. The molecule has 0 radical (unpaired) electrons. The van der Waals surface area contributed by atoms with Crippen molar-refractivity contribution in [3.8, 4) is 10.4 Å². The van der Waals surface area contributed by atoms with Gasteiger partial charge in [0.25, 0.3) is 0 Å². The third-order valence-corrected chi connectivity index (χ3v) is 10.6. The number of anilines is 1. The number of hydrogen-bond acceptors (Lipinski definition) is 8. The van der Waals surface area contributed by atoms with Crippen LogP contribution in [0.1, 0.15) is 49.8 Å². The Kier molecular flexibility index (Phi) is 8.78. The van der Waals surface area contributed by atoms with Crippen LogP contribution in [0.25, 0.3) is 10.4 Å². The Balaban J connectivity index is 1.55. The Labute approximate surface area is 215 Å². The molecule has 9 nitrogen and oxygen atoms in total. The summed E-state index contributed by atoms with van der Waals surface area (Å²) in [6, 6.07) is 11.1. The lowest BCUT2D eigenvalue weighted by Crippen LogP contribution is -2.45. The van der Waals surface area contributed by atoms with Crippen molar-refractivity contribution in [2.75, 3.05) is 31.3 Å². The van der Waals surface area contributed by atoms with Crippen LogP contribution in [-0.4, -0.2) is 52.5 Å². The van der Waals surface area contributed by atoms with Crippen molar-refractivity contribution in [3.05, 3.63) is 41.3 Å². The first-order valence-electron chi connectivity index (χ1n) is 12.3. The maximum Gasteiger partial charge on any atom is 0.245 e. The predicted octanol–water partition coefficient (Wildman–Crippen LogP) is 3.33. The molecular weight excluding hydrogens is 502 g/mol. The quantitative estimate of drug-likeness (QED) is 0.421. The standard InChI is InChI=1S/C25H33N3O6S2/c1-26-17-23(30)27-19-8-6-7-18(15-19)20-10-11-21(35-20)25(12-3-5-14-36(25,31)32)16-22(29)28-34-24-9-2-4-13-33-24/h6-8,10-11,15,24,26H,2-5,9,12-14,16-17H2,1H3,(H,27,30)(H,28,29)/t24?,25-/m0/s1. The van der Waals surface area contributed by atoms with Crippen LogP contribution in [0.4, 0.5) is 5.69 Å². The molecule has 2 fully saturated rings. The fraction of sp³-hybridized carbons (Fsp3) is 0.520. The first-order valence-corrected chi connectivity index (χ1v) is 14.7. The summed E-state index contributed by atoms with van der Waals surface area (Å²) in [5.41, 5.74) is 3.95. The molecule has 2 saturated heterocycles. The minimum atomic E-state index is -3.58. The van der Waals surface area contributed by atoms with Crippen molar-refractivity contribution in [2.24, 2.45) is 0 Å². The fourth-order valence-corrected chi connectivity index (χ4v) is 8.48. The molecule has 196 valence electrons. The van der Waals surface area contributed by atoms with E-state index in [-0.39, 0.29) is 24.6 Å². The number of hydroxylamine groups is 1. The highest BCUT2D eigenvalue weighted by molar-refractivity contribution is 7.92. The summed E-state index contributed by atoms with van der Waals surface area (Å²) in [5.74, 6) is -0.577. The summed E-state index contributed by atoms with van der Waals surface area (Å²) >= 11 is 1.37. The summed E-state index contributed by atoms with van der Waals surface area (Å²) in [5, 5.41) is 5.65. The van der Waals surface area contributed by atoms with Gasteiger partial charge in [-0.1, -0.05) is 18.6 Å².